The van der Waals surface area contributed by atoms with E-state index in [9.17, 15) is 0 Å². The van der Waals surface area contributed by atoms with Gasteiger partial charge in [-0.3, -0.25) is 9.88 Å². The Morgan fingerprint density at radius 1 is 1.21 bits per heavy atom. The minimum Gasteiger partial charge on any atom is -0.312 e. The molecule has 2 atom stereocenters. The van der Waals surface area contributed by atoms with Gasteiger partial charge in [-0.15, -0.1) is 0 Å². The molecule has 3 heteroatoms. The van der Waals surface area contributed by atoms with Gasteiger partial charge in [0.15, 0.2) is 0 Å². The Kier molecular flexibility index (Phi) is 5.95. The third-order valence-corrected chi connectivity index (χ3v) is 3.65. The second kappa shape index (κ2) is 7.01. The van der Waals surface area contributed by atoms with Crippen LogP contribution in [-0.2, 0) is 6.54 Å². The van der Waals surface area contributed by atoms with Gasteiger partial charge >= 0.3 is 0 Å². The van der Waals surface area contributed by atoms with Crippen molar-refractivity contribution in [2.45, 2.75) is 52.7 Å². The first-order valence-electron chi connectivity index (χ1n) is 7.14. The summed E-state index contributed by atoms with van der Waals surface area (Å²) in [6, 6.07) is 4.71. The first-order valence-corrected chi connectivity index (χ1v) is 7.14. The number of nitrogens with zero attached hydrogens (tertiary/aromatic N) is 2. The topological polar surface area (TPSA) is 28.2 Å². The number of rotatable bonds is 6. The molecule has 0 aromatic carbocycles. The highest BCUT2D eigenvalue weighted by Crippen LogP contribution is 2.13. The molecule has 0 radical (unpaired) electrons. The van der Waals surface area contributed by atoms with Crippen molar-refractivity contribution in [3.63, 3.8) is 0 Å². The predicted octanol–water partition coefficient (Wildman–Crippen LogP) is 2.93. The minimum absolute atomic E-state index is 0.192. The second-order valence-electron chi connectivity index (χ2n) is 6.62. The Morgan fingerprint density at radius 2 is 1.79 bits per heavy atom. The average molecular weight is 263 g/mol. The van der Waals surface area contributed by atoms with Gasteiger partial charge in [-0.1, -0.05) is 6.92 Å². The van der Waals surface area contributed by atoms with Gasteiger partial charge in [-0.05, 0) is 64.9 Å². The fourth-order valence-electron chi connectivity index (χ4n) is 1.99. The van der Waals surface area contributed by atoms with Crippen LogP contribution in [-0.4, -0.2) is 35.1 Å². The minimum atomic E-state index is 0.192. The monoisotopic (exact) mass is 263 g/mol. The van der Waals surface area contributed by atoms with Crippen molar-refractivity contribution in [2.24, 2.45) is 5.92 Å². The Balaban J connectivity index is 2.45. The lowest BCUT2D eigenvalue weighted by Gasteiger charge is -2.32. The molecule has 19 heavy (non-hydrogen) atoms. The Bertz CT molecular complexity index is 356. The lowest BCUT2D eigenvalue weighted by atomic mass is 10.00. The number of aromatic nitrogens is 1. The van der Waals surface area contributed by atoms with Gasteiger partial charge in [-0.25, -0.2) is 0 Å². The quantitative estimate of drug-likeness (QED) is 0.855. The summed E-state index contributed by atoms with van der Waals surface area (Å²) in [4.78, 5) is 6.47. The van der Waals surface area contributed by atoms with Gasteiger partial charge in [0.05, 0.1) is 0 Å². The average Bonchev–Trinajstić information content (AvgIpc) is 2.35. The van der Waals surface area contributed by atoms with Crippen molar-refractivity contribution >= 4 is 0 Å². The molecule has 0 saturated heterocycles. The molecule has 0 amide bonds. The van der Waals surface area contributed by atoms with E-state index in [1.165, 1.54) is 5.56 Å². The van der Waals surface area contributed by atoms with Gasteiger partial charge in [0, 0.05) is 30.5 Å². The van der Waals surface area contributed by atoms with Gasteiger partial charge in [-0.2, -0.15) is 0 Å². The molecule has 0 fully saturated rings. The zero-order valence-electron chi connectivity index (χ0n) is 13.3. The summed E-state index contributed by atoms with van der Waals surface area (Å²) in [7, 11) is 2.19. The molecule has 1 N–H and O–H groups in total. The molecular formula is C16H29N3. The second-order valence-corrected chi connectivity index (χ2v) is 6.62. The van der Waals surface area contributed by atoms with Crippen LogP contribution in [0.1, 0.15) is 40.2 Å². The van der Waals surface area contributed by atoms with Crippen LogP contribution in [0.5, 0.6) is 0 Å². The van der Waals surface area contributed by atoms with E-state index in [0.29, 0.717) is 12.0 Å². The maximum Gasteiger partial charge on any atom is 0.0271 e. The van der Waals surface area contributed by atoms with Crippen LogP contribution in [0.25, 0.3) is 0 Å². The Morgan fingerprint density at radius 3 is 2.32 bits per heavy atom. The number of pyridine rings is 1. The zero-order chi connectivity index (χ0) is 14.5. The lowest BCUT2D eigenvalue weighted by Crippen LogP contribution is -2.44. The van der Waals surface area contributed by atoms with Crippen molar-refractivity contribution in [3.05, 3.63) is 30.1 Å². The summed E-state index contributed by atoms with van der Waals surface area (Å²) in [5.74, 6) is 0.617. The van der Waals surface area contributed by atoms with E-state index in [-0.39, 0.29) is 5.54 Å². The van der Waals surface area contributed by atoms with Gasteiger partial charge in [0.1, 0.15) is 0 Å². The van der Waals surface area contributed by atoms with Crippen LogP contribution in [0.4, 0.5) is 0 Å². The molecule has 2 unspecified atom stereocenters. The van der Waals surface area contributed by atoms with Crippen LogP contribution < -0.4 is 5.32 Å². The first kappa shape index (κ1) is 16.1. The predicted molar refractivity (Wildman–Crippen MR) is 82.1 cm³/mol. The van der Waals surface area contributed by atoms with Crippen LogP contribution >= 0.6 is 0 Å². The maximum absolute atomic E-state index is 4.06. The molecule has 1 rings (SSSR count). The van der Waals surface area contributed by atoms with Crippen molar-refractivity contribution < 1.29 is 0 Å². The number of nitrogens with one attached hydrogen (secondary N) is 1. The van der Waals surface area contributed by atoms with Gasteiger partial charge in [0.25, 0.3) is 0 Å². The van der Waals surface area contributed by atoms with Crippen molar-refractivity contribution in [1.82, 2.24) is 15.2 Å². The third-order valence-electron chi connectivity index (χ3n) is 3.65. The molecule has 1 heterocycles. The standard InChI is InChI=1S/C16H29N3/c1-13(11-18-16(3,4)5)14(2)19(6)12-15-7-9-17-10-8-15/h7-10,13-14,18H,11-12H2,1-6H3. The molecule has 0 spiro atoms. The maximum atomic E-state index is 4.06. The number of hydrogen-bond donors (Lipinski definition) is 1. The normalized spacial score (nSPS) is 15.5. The fourth-order valence-corrected chi connectivity index (χ4v) is 1.99. The molecule has 0 saturated carbocycles. The highest BCUT2D eigenvalue weighted by atomic mass is 15.1. The summed E-state index contributed by atoms with van der Waals surface area (Å²) >= 11 is 0. The SMILES string of the molecule is CC(CNC(C)(C)C)C(C)N(C)Cc1ccncc1. The van der Waals surface area contributed by atoms with Crippen molar-refractivity contribution in [1.29, 1.82) is 0 Å². The molecule has 0 aliphatic heterocycles. The molecule has 1 aromatic rings. The lowest BCUT2D eigenvalue weighted by molar-refractivity contribution is 0.182. The van der Waals surface area contributed by atoms with Crippen molar-refractivity contribution in [2.75, 3.05) is 13.6 Å². The first-order chi connectivity index (χ1) is 8.79. The molecule has 108 valence electrons. The highest BCUT2D eigenvalue weighted by Gasteiger charge is 2.19. The largest absolute Gasteiger partial charge is 0.312 e. The molecule has 3 nitrogen and oxygen atoms in total. The van der Waals surface area contributed by atoms with E-state index in [0.717, 1.165) is 13.1 Å². The van der Waals surface area contributed by atoms with E-state index < -0.39 is 0 Å². The van der Waals surface area contributed by atoms with E-state index in [4.69, 9.17) is 0 Å². The summed E-state index contributed by atoms with van der Waals surface area (Å²) in [5.41, 5.74) is 1.51. The summed E-state index contributed by atoms with van der Waals surface area (Å²) in [6.45, 7) is 13.3. The van der Waals surface area contributed by atoms with E-state index in [1.54, 1.807) is 0 Å². The molecule has 0 aliphatic rings. The summed E-state index contributed by atoms with van der Waals surface area (Å²) < 4.78 is 0. The summed E-state index contributed by atoms with van der Waals surface area (Å²) in [6.07, 6.45) is 3.72. The Labute approximate surface area is 118 Å². The van der Waals surface area contributed by atoms with Crippen LogP contribution in [0.3, 0.4) is 0 Å². The van der Waals surface area contributed by atoms with E-state index >= 15 is 0 Å². The molecule has 0 aliphatic carbocycles. The molecular weight excluding hydrogens is 234 g/mol. The van der Waals surface area contributed by atoms with E-state index in [2.05, 4.69) is 69.0 Å². The van der Waals surface area contributed by atoms with Crippen LogP contribution in [0.15, 0.2) is 24.5 Å². The van der Waals surface area contributed by atoms with E-state index in [1.807, 2.05) is 12.4 Å². The van der Waals surface area contributed by atoms with Gasteiger partial charge in [0.2, 0.25) is 0 Å². The van der Waals surface area contributed by atoms with Crippen LogP contribution in [0, 0.1) is 5.92 Å². The molecule has 0 bridgehead atoms. The molecule has 1 aromatic heterocycles. The third kappa shape index (κ3) is 6.17. The number of hydrogen-bond acceptors (Lipinski definition) is 3. The van der Waals surface area contributed by atoms with Crippen LogP contribution in [0.2, 0.25) is 0 Å². The van der Waals surface area contributed by atoms with Crippen molar-refractivity contribution in [3.8, 4) is 0 Å². The smallest absolute Gasteiger partial charge is 0.0271 e. The van der Waals surface area contributed by atoms with Gasteiger partial charge < -0.3 is 5.32 Å². The summed E-state index contributed by atoms with van der Waals surface area (Å²) in [5, 5.41) is 3.58. The zero-order valence-corrected chi connectivity index (χ0v) is 13.3. The fraction of sp³-hybridized carbons (Fsp3) is 0.688. The highest BCUT2D eigenvalue weighted by molar-refractivity contribution is 5.09. The Hall–Kier alpha value is -0.930.